The van der Waals surface area contributed by atoms with E-state index in [2.05, 4.69) is 0 Å². The summed E-state index contributed by atoms with van der Waals surface area (Å²) in [6.45, 7) is 3.13. The fourth-order valence-corrected chi connectivity index (χ4v) is 4.43. The fraction of sp³-hybridized carbons (Fsp3) is 0.273. The summed E-state index contributed by atoms with van der Waals surface area (Å²) in [5, 5.41) is 0.822. The Morgan fingerprint density at radius 1 is 1.33 bits per heavy atom. The number of aromatic nitrogens is 2. The van der Waals surface area contributed by atoms with Crippen molar-refractivity contribution in [3.8, 4) is 11.4 Å². The topological polar surface area (TPSA) is 114 Å². The number of esters is 2. The molecule has 2 aromatic heterocycles. The molecule has 0 spiro atoms. The van der Waals surface area contributed by atoms with Crippen molar-refractivity contribution < 1.29 is 19.1 Å². The molecule has 3 aromatic rings. The number of benzene rings is 1. The van der Waals surface area contributed by atoms with E-state index in [4.69, 9.17) is 20.2 Å². The van der Waals surface area contributed by atoms with Gasteiger partial charge in [0.25, 0.3) is 5.56 Å². The highest BCUT2D eigenvalue weighted by Gasteiger charge is 2.50. The SMILES string of the molecule is CC[C@@]1(OC(C)=O)C(=O)OCc2c1cc1n(c2=O)Cc2cc3c(N)cccc3nc2-1. The summed E-state index contributed by atoms with van der Waals surface area (Å²) < 4.78 is 12.3. The number of rotatable bonds is 2. The van der Waals surface area contributed by atoms with E-state index in [0.717, 1.165) is 10.9 Å². The van der Waals surface area contributed by atoms with Crippen LogP contribution in [0.2, 0.25) is 0 Å². The molecule has 5 rings (SSSR count). The number of pyridine rings is 2. The number of hydrogen-bond acceptors (Lipinski definition) is 7. The van der Waals surface area contributed by atoms with Crippen LogP contribution in [0.15, 0.2) is 35.1 Å². The molecule has 30 heavy (non-hydrogen) atoms. The Kier molecular flexibility index (Phi) is 3.77. The van der Waals surface area contributed by atoms with Gasteiger partial charge in [-0.15, -0.1) is 0 Å². The van der Waals surface area contributed by atoms with Crippen molar-refractivity contribution in [3.63, 3.8) is 0 Å². The number of nitrogens with zero attached hydrogens (tertiary/aromatic N) is 2. The first-order valence-electron chi connectivity index (χ1n) is 9.68. The number of cyclic esters (lactones) is 1. The van der Waals surface area contributed by atoms with E-state index in [1.165, 1.54) is 6.92 Å². The maximum Gasteiger partial charge on any atom is 0.355 e. The van der Waals surface area contributed by atoms with Crippen LogP contribution in [-0.4, -0.2) is 21.5 Å². The van der Waals surface area contributed by atoms with Crippen molar-refractivity contribution in [1.29, 1.82) is 0 Å². The van der Waals surface area contributed by atoms with Gasteiger partial charge < -0.3 is 19.8 Å². The van der Waals surface area contributed by atoms with Crippen LogP contribution in [0.5, 0.6) is 0 Å². The number of hydrogen-bond donors (Lipinski definition) is 1. The Morgan fingerprint density at radius 3 is 2.87 bits per heavy atom. The van der Waals surface area contributed by atoms with Gasteiger partial charge in [-0.05, 0) is 30.7 Å². The first-order chi connectivity index (χ1) is 14.4. The lowest BCUT2D eigenvalue weighted by atomic mass is 9.85. The average molecular weight is 405 g/mol. The Labute approximate surface area is 171 Å². The summed E-state index contributed by atoms with van der Waals surface area (Å²) in [5.41, 5.74) is 8.28. The molecule has 0 aliphatic carbocycles. The van der Waals surface area contributed by atoms with Gasteiger partial charge in [0.15, 0.2) is 0 Å². The lowest BCUT2D eigenvalue weighted by Gasteiger charge is -2.35. The van der Waals surface area contributed by atoms with E-state index in [1.54, 1.807) is 23.6 Å². The third-order valence-corrected chi connectivity index (χ3v) is 5.87. The van der Waals surface area contributed by atoms with E-state index in [9.17, 15) is 14.4 Å². The van der Waals surface area contributed by atoms with Gasteiger partial charge in [0.05, 0.1) is 29.0 Å². The molecule has 2 aliphatic rings. The van der Waals surface area contributed by atoms with E-state index in [1.807, 2.05) is 18.2 Å². The number of carbonyl (C=O) groups excluding carboxylic acids is 2. The summed E-state index contributed by atoms with van der Waals surface area (Å²) in [4.78, 5) is 42.5. The van der Waals surface area contributed by atoms with Crippen molar-refractivity contribution >= 4 is 28.5 Å². The monoisotopic (exact) mass is 405 g/mol. The summed E-state index contributed by atoms with van der Waals surface area (Å²) in [5.74, 6) is -1.29. The Morgan fingerprint density at radius 2 is 2.13 bits per heavy atom. The smallest absolute Gasteiger partial charge is 0.355 e. The van der Waals surface area contributed by atoms with Crippen molar-refractivity contribution in [3.05, 3.63) is 57.4 Å². The minimum atomic E-state index is -1.64. The zero-order valence-electron chi connectivity index (χ0n) is 16.5. The van der Waals surface area contributed by atoms with Crippen LogP contribution in [0.4, 0.5) is 5.69 Å². The minimum Gasteiger partial charge on any atom is -0.457 e. The number of carbonyl (C=O) groups is 2. The third kappa shape index (κ3) is 2.33. The van der Waals surface area contributed by atoms with E-state index in [0.29, 0.717) is 40.3 Å². The molecular weight excluding hydrogens is 386 g/mol. The third-order valence-electron chi connectivity index (χ3n) is 5.87. The molecule has 0 bridgehead atoms. The van der Waals surface area contributed by atoms with Gasteiger partial charge in [-0.25, -0.2) is 9.78 Å². The van der Waals surface area contributed by atoms with Crippen LogP contribution < -0.4 is 11.3 Å². The zero-order valence-corrected chi connectivity index (χ0v) is 16.5. The Bertz CT molecular complexity index is 1330. The van der Waals surface area contributed by atoms with Crippen LogP contribution in [0.3, 0.4) is 0 Å². The van der Waals surface area contributed by atoms with Crippen LogP contribution in [-0.2, 0) is 37.8 Å². The predicted octanol–water partition coefficient (Wildman–Crippen LogP) is 2.23. The zero-order chi connectivity index (χ0) is 21.2. The van der Waals surface area contributed by atoms with Crippen molar-refractivity contribution in [2.45, 2.75) is 39.0 Å². The second-order valence-corrected chi connectivity index (χ2v) is 7.57. The van der Waals surface area contributed by atoms with Crippen molar-refractivity contribution in [2.75, 3.05) is 5.73 Å². The van der Waals surface area contributed by atoms with Crippen LogP contribution in [0.25, 0.3) is 22.3 Å². The molecular formula is C22H19N3O5. The molecule has 0 fully saturated rings. The molecule has 0 saturated carbocycles. The summed E-state index contributed by atoms with van der Waals surface area (Å²) >= 11 is 0. The number of nitrogen functional groups attached to an aromatic ring is 1. The fourth-order valence-electron chi connectivity index (χ4n) is 4.43. The van der Waals surface area contributed by atoms with Gasteiger partial charge in [0, 0.05) is 29.1 Å². The molecule has 0 radical (unpaired) electrons. The maximum atomic E-state index is 13.3. The Balaban J connectivity index is 1.79. The first-order valence-corrected chi connectivity index (χ1v) is 9.68. The van der Waals surface area contributed by atoms with Gasteiger partial charge in [0.1, 0.15) is 6.61 Å². The molecule has 2 N–H and O–H groups in total. The summed E-state index contributed by atoms with van der Waals surface area (Å²) in [6, 6.07) is 9.17. The van der Waals surface area contributed by atoms with Gasteiger partial charge in [-0.3, -0.25) is 9.59 Å². The highest BCUT2D eigenvalue weighted by atomic mass is 16.6. The molecule has 8 heteroatoms. The highest BCUT2D eigenvalue weighted by molar-refractivity contribution is 5.93. The molecule has 0 amide bonds. The quantitative estimate of drug-likeness (QED) is 0.402. The highest BCUT2D eigenvalue weighted by Crippen LogP contribution is 2.41. The second-order valence-electron chi connectivity index (χ2n) is 7.57. The number of ether oxygens (including phenoxy) is 2. The number of nitrogens with two attached hydrogens (primary N) is 1. The van der Waals surface area contributed by atoms with Crippen molar-refractivity contribution in [2.24, 2.45) is 0 Å². The molecule has 0 saturated heterocycles. The van der Waals surface area contributed by atoms with E-state index in [-0.39, 0.29) is 18.6 Å². The molecule has 1 aromatic carbocycles. The van der Waals surface area contributed by atoms with Gasteiger partial charge in [-0.1, -0.05) is 13.0 Å². The molecule has 8 nitrogen and oxygen atoms in total. The van der Waals surface area contributed by atoms with Gasteiger partial charge >= 0.3 is 11.9 Å². The summed E-state index contributed by atoms with van der Waals surface area (Å²) in [7, 11) is 0. The van der Waals surface area contributed by atoms with E-state index < -0.39 is 17.5 Å². The second kappa shape index (κ2) is 6.16. The molecule has 152 valence electrons. The predicted molar refractivity (Wildman–Crippen MR) is 108 cm³/mol. The normalized spacial score (nSPS) is 19.1. The van der Waals surface area contributed by atoms with Crippen LogP contribution >= 0.6 is 0 Å². The number of anilines is 1. The lowest BCUT2D eigenvalue weighted by molar-refractivity contribution is -0.188. The lowest BCUT2D eigenvalue weighted by Crippen LogP contribution is -2.47. The van der Waals surface area contributed by atoms with Crippen LogP contribution in [0.1, 0.15) is 37.0 Å². The van der Waals surface area contributed by atoms with E-state index >= 15 is 0 Å². The Hall–Kier alpha value is -3.68. The summed E-state index contributed by atoms with van der Waals surface area (Å²) in [6.07, 6.45) is 0.149. The molecule has 2 aliphatic heterocycles. The molecule has 4 heterocycles. The minimum absolute atomic E-state index is 0.149. The standard InChI is InChI=1S/C22H19N3O5/c1-3-22(30-11(2)26)15-8-18-19-12(7-13-16(23)5-4-6-17(13)24-19)9-25(18)20(27)14(15)10-29-21(22)28/h4-8H,3,9-10,23H2,1-2H3/t22-/m0/s1. The van der Waals surface area contributed by atoms with Crippen molar-refractivity contribution in [1.82, 2.24) is 9.55 Å². The molecule has 1 atom stereocenters. The largest absolute Gasteiger partial charge is 0.457 e. The number of fused-ring (bicyclic) bond motifs is 5. The molecule has 0 unspecified atom stereocenters. The van der Waals surface area contributed by atoms with Crippen LogP contribution in [0, 0.1) is 0 Å². The first kappa shape index (κ1) is 18.4. The van der Waals surface area contributed by atoms with Gasteiger partial charge in [0.2, 0.25) is 5.60 Å². The average Bonchev–Trinajstić information content (AvgIpc) is 3.07. The van der Waals surface area contributed by atoms with Gasteiger partial charge in [-0.2, -0.15) is 0 Å². The maximum absolute atomic E-state index is 13.3.